The Morgan fingerprint density at radius 3 is 2.70 bits per heavy atom. The van der Waals surface area contributed by atoms with E-state index in [1.807, 2.05) is 24.0 Å². The van der Waals surface area contributed by atoms with Gasteiger partial charge in [-0.3, -0.25) is 4.79 Å². The Hall–Kier alpha value is -2.53. The summed E-state index contributed by atoms with van der Waals surface area (Å²) in [6.07, 6.45) is 3.64. The molecule has 0 N–H and O–H groups in total. The molecule has 1 aromatic carbocycles. The van der Waals surface area contributed by atoms with Crippen LogP contribution in [0.1, 0.15) is 35.4 Å². The van der Waals surface area contributed by atoms with Crippen LogP contribution >= 0.6 is 0 Å². The maximum absolute atomic E-state index is 12.3. The number of carbonyl (C=O) groups is 1. The number of amides is 1. The van der Waals surface area contributed by atoms with E-state index < -0.39 is 0 Å². The maximum Gasteiger partial charge on any atom is 0.222 e. The van der Waals surface area contributed by atoms with E-state index in [1.54, 1.807) is 4.90 Å². The Kier molecular flexibility index (Phi) is 4.21. The monoisotopic (exact) mass is 308 g/mol. The zero-order chi connectivity index (χ0) is 16.4. The number of rotatable bonds is 3. The van der Waals surface area contributed by atoms with Crippen LogP contribution in [0.2, 0.25) is 0 Å². The fourth-order valence-electron chi connectivity index (χ4n) is 3.43. The summed E-state index contributed by atoms with van der Waals surface area (Å²) >= 11 is 0. The van der Waals surface area contributed by atoms with E-state index in [-0.39, 0.29) is 5.91 Å². The van der Waals surface area contributed by atoms with Crippen molar-refractivity contribution in [2.45, 2.75) is 25.7 Å². The molecule has 1 amide bonds. The third kappa shape index (κ3) is 3.14. The van der Waals surface area contributed by atoms with Crippen LogP contribution in [0.25, 0.3) is 0 Å². The molecule has 3 rings (SSSR count). The predicted octanol–water partition coefficient (Wildman–Crippen LogP) is 1.99. The second-order valence-corrected chi connectivity index (χ2v) is 6.59. The second kappa shape index (κ2) is 6.30. The average Bonchev–Trinajstić information content (AvgIpc) is 2.93. The van der Waals surface area contributed by atoms with Crippen molar-refractivity contribution in [3.05, 3.63) is 34.9 Å². The highest BCUT2D eigenvalue weighted by atomic mass is 16.2. The van der Waals surface area contributed by atoms with Gasteiger partial charge in [0.25, 0.3) is 0 Å². The molecule has 118 valence electrons. The summed E-state index contributed by atoms with van der Waals surface area (Å²) in [7, 11) is 0. The molecule has 0 aliphatic carbocycles. The Morgan fingerprint density at radius 2 is 2.09 bits per heavy atom. The molecule has 0 aromatic heterocycles. The van der Waals surface area contributed by atoms with Crippen molar-refractivity contribution in [2.75, 3.05) is 26.2 Å². The van der Waals surface area contributed by atoms with Gasteiger partial charge in [0.05, 0.1) is 11.6 Å². The van der Waals surface area contributed by atoms with Gasteiger partial charge < -0.3 is 9.80 Å². The number of hydrogen-bond donors (Lipinski definition) is 0. The molecule has 2 aliphatic heterocycles. The summed E-state index contributed by atoms with van der Waals surface area (Å²) in [4.78, 5) is 15.9. The summed E-state index contributed by atoms with van der Waals surface area (Å²) in [5, 5.41) is 17.8. The van der Waals surface area contributed by atoms with Crippen LogP contribution in [0.3, 0.4) is 0 Å². The molecule has 2 saturated heterocycles. The van der Waals surface area contributed by atoms with Crippen LogP contribution in [0.4, 0.5) is 0 Å². The van der Waals surface area contributed by atoms with Gasteiger partial charge in [0, 0.05) is 38.5 Å². The van der Waals surface area contributed by atoms with E-state index in [0.29, 0.717) is 30.4 Å². The van der Waals surface area contributed by atoms with Crippen molar-refractivity contribution in [3.63, 3.8) is 0 Å². The number of carbonyl (C=O) groups excluding carboxylic acids is 1. The third-order valence-corrected chi connectivity index (χ3v) is 4.97. The summed E-state index contributed by atoms with van der Waals surface area (Å²) in [6, 6.07) is 8.11. The van der Waals surface area contributed by atoms with Crippen molar-refractivity contribution in [2.24, 2.45) is 5.92 Å². The molecule has 2 fully saturated rings. The minimum atomic E-state index is 0.205. The minimum absolute atomic E-state index is 0.205. The van der Waals surface area contributed by atoms with Crippen LogP contribution in [-0.4, -0.2) is 41.9 Å². The van der Waals surface area contributed by atoms with Gasteiger partial charge >= 0.3 is 0 Å². The summed E-state index contributed by atoms with van der Waals surface area (Å²) < 4.78 is 0. The average molecular weight is 308 g/mol. The zero-order valence-electron chi connectivity index (χ0n) is 13.3. The quantitative estimate of drug-likeness (QED) is 0.801. The van der Waals surface area contributed by atoms with Crippen LogP contribution in [-0.2, 0) is 4.79 Å². The van der Waals surface area contributed by atoms with Crippen LogP contribution in [0, 0.1) is 35.6 Å². The molecule has 5 heteroatoms. The second-order valence-electron chi connectivity index (χ2n) is 6.59. The molecule has 0 bridgehead atoms. The number of aryl methyl sites for hydroxylation is 1. The van der Waals surface area contributed by atoms with Crippen molar-refractivity contribution in [1.29, 1.82) is 10.5 Å². The SMILES string of the molecule is Cc1cc(C2CN(C(=O)CC3CCN(C#N)C3)C2)ccc1C#N. The summed E-state index contributed by atoms with van der Waals surface area (Å²) in [5.74, 6) is 0.902. The molecule has 0 saturated carbocycles. The van der Waals surface area contributed by atoms with E-state index in [9.17, 15) is 4.79 Å². The zero-order valence-corrected chi connectivity index (χ0v) is 13.3. The lowest BCUT2D eigenvalue weighted by Gasteiger charge is -2.40. The van der Waals surface area contributed by atoms with Gasteiger partial charge in [-0.1, -0.05) is 12.1 Å². The number of nitrogens with zero attached hydrogens (tertiary/aromatic N) is 4. The molecular formula is C18H20N4O. The molecule has 1 atom stereocenters. The Labute approximate surface area is 136 Å². The maximum atomic E-state index is 12.3. The first-order chi connectivity index (χ1) is 11.1. The van der Waals surface area contributed by atoms with Crippen molar-refractivity contribution in [1.82, 2.24) is 9.80 Å². The van der Waals surface area contributed by atoms with Crippen LogP contribution < -0.4 is 0 Å². The van der Waals surface area contributed by atoms with Crippen molar-refractivity contribution < 1.29 is 4.79 Å². The highest BCUT2D eigenvalue weighted by Gasteiger charge is 2.34. The molecule has 1 aromatic rings. The topological polar surface area (TPSA) is 71.1 Å². The third-order valence-electron chi connectivity index (χ3n) is 4.97. The smallest absolute Gasteiger partial charge is 0.222 e. The van der Waals surface area contributed by atoms with Gasteiger partial charge in [-0.05, 0) is 36.5 Å². The standard InChI is InChI=1S/C18H20N4O/c1-13-6-15(2-3-16(13)8-19)17-10-22(11-17)18(23)7-14-4-5-21(9-14)12-20/h2-3,6,14,17H,4-5,7,9-11H2,1H3. The number of benzene rings is 1. The van der Waals surface area contributed by atoms with Crippen molar-refractivity contribution >= 4 is 5.91 Å². The summed E-state index contributed by atoms with van der Waals surface area (Å²) in [5.41, 5.74) is 2.92. The molecule has 2 heterocycles. The van der Waals surface area contributed by atoms with E-state index in [0.717, 1.165) is 31.6 Å². The molecule has 1 unspecified atom stereocenters. The lowest BCUT2D eigenvalue weighted by molar-refractivity contribution is -0.136. The summed E-state index contributed by atoms with van der Waals surface area (Å²) in [6.45, 7) is 4.97. The first-order valence-electron chi connectivity index (χ1n) is 8.03. The molecule has 0 spiro atoms. The highest BCUT2D eigenvalue weighted by molar-refractivity contribution is 5.77. The number of hydrogen-bond acceptors (Lipinski definition) is 4. The van der Waals surface area contributed by atoms with Gasteiger partial charge in [-0.2, -0.15) is 10.5 Å². The number of nitriles is 2. The van der Waals surface area contributed by atoms with E-state index in [1.165, 1.54) is 5.56 Å². The predicted molar refractivity (Wildman–Crippen MR) is 85.1 cm³/mol. The fourth-order valence-corrected chi connectivity index (χ4v) is 3.43. The van der Waals surface area contributed by atoms with Crippen LogP contribution in [0.5, 0.6) is 0 Å². The highest BCUT2D eigenvalue weighted by Crippen LogP contribution is 2.30. The van der Waals surface area contributed by atoms with Gasteiger partial charge in [0.2, 0.25) is 5.91 Å². The molecule has 5 nitrogen and oxygen atoms in total. The Morgan fingerprint density at radius 1 is 1.30 bits per heavy atom. The molecular weight excluding hydrogens is 288 g/mol. The van der Waals surface area contributed by atoms with E-state index in [2.05, 4.69) is 18.3 Å². The molecule has 2 aliphatic rings. The van der Waals surface area contributed by atoms with E-state index in [4.69, 9.17) is 10.5 Å². The van der Waals surface area contributed by atoms with Crippen molar-refractivity contribution in [3.8, 4) is 12.3 Å². The van der Waals surface area contributed by atoms with E-state index >= 15 is 0 Å². The minimum Gasteiger partial charge on any atom is -0.341 e. The molecule has 0 radical (unpaired) electrons. The Bertz CT molecular complexity index is 694. The lowest BCUT2D eigenvalue weighted by atomic mass is 9.88. The number of likely N-dealkylation sites (tertiary alicyclic amines) is 2. The van der Waals surface area contributed by atoms with Gasteiger partial charge in [-0.25, -0.2) is 0 Å². The largest absolute Gasteiger partial charge is 0.341 e. The first kappa shape index (κ1) is 15.4. The molecule has 23 heavy (non-hydrogen) atoms. The van der Waals surface area contributed by atoms with Gasteiger partial charge in [-0.15, -0.1) is 0 Å². The Balaban J connectivity index is 1.51. The van der Waals surface area contributed by atoms with Gasteiger partial charge in [0.15, 0.2) is 6.19 Å². The normalized spacial score (nSPS) is 20.7. The first-order valence-corrected chi connectivity index (χ1v) is 8.03. The van der Waals surface area contributed by atoms with Gasteiger partial charge in [0.1, 0.15) is 0 Å². The lowest BCUT2D eigenvalue weighted by Crippen LogP contribution is -2.49. The van der Waals surface area contributed by atoms with Crippen LogP contribution in [0.15, 0.2) is 18.2 Å². The fraction of sp³-hybridized carbons (Fsp3) is 0.500.